The number of ether oxygens (including phenoxy) is 1. The van der Waals surface area contributed by atoms with Gasteiger partial charge in [-0.15, -0.1) is 0 Å². The van der Waals surface area contributed by atoms with Crippen LogP contribution in [0, 0.1) is 6.92 Å². The summed E-state index contributed by atoms with van der Waals surface area (Å²) < 4.78 is 5.76. The molecule has 2 rings (SSSR count). The Bertz CT molecular complexity index is 412. The molecule has 2 N–H and O–H groups in total. The maximum Gasteiger partial charge on any atom is 0.160 e. The molecule has 0 radical (unpaired) electrons. The van der Waals surface area contributed by atoms with Crippen molar-refractivity contribution in [1.29, 1.82) is 0 Å². The molecule has 0 bridgehead atoms. The predicted molar refractivity (Wildman–Crippen MR) is 71.1 cm³/mol. The highest BCUT2D eigenvalue weighted by Crippen LogP contribution is 2.38. The summed E-state index contributed by atoms with van der Waals surface area (Å²) in [7, 11) is 1.77. The summed E-state index contributed by atoms with van der Waals surface area (Å²) in [5.41, 5.74) is 7.60. The lowest BCUT2D eigenvalue weighted by atomic mass is 9.83. The Morgan fingerprint density at radius 1 is 1.33 bits per heavy atom. The van der Waals surface area contributed by atoms with Crippen LogP contribution in [-0.4, -0.2) is 17.1 Å². The smallest absolute Gasteiger partial charge is 0.160 e. The first kappa shape index (κ1) is 13.4. The van der Waals surface area contributed by atoms with Gasteiger partial charge in [0, 0.05) is 30.6 Å². The van der Waals surface area contributed by atoms with Crippen LogP contribution < -0.4 is 5.73 Å². The lowest BCUT2D eigenvalue weighted by Gasteiger charge is -2.34. The molecule has 18 heavy (non-hydrogen) atoms. The molecule has 1 atom stereocenters. The second-order valence-electron chi connectivity index (χ2n) is 5.28. The first-order chi connectivity index (χ1) is 8.59. The normalized spacial score (nSPS) is 20.7. The summed E-state index contributed by atoms with van der Waals surface area (Å²) in [4.78, 5) is 9.16. The fraction of sp³-hybridized carbons (Fsp3) is 0.714. The van der Waals surface area contributed by atoms with Crippen LogP contribution in [-0.2, 0) is 10.3 Å². The van der Waals surface area contributed by atoms with Crippen LogP contribution in [0.4, 0.5) is 0 Å². The summed E-state index contributed by atoms with van der Waals surface area (Å²) in [5, 5.41) is 0. The molecular formula is C14H23N3O. The average Bonchev–Trinajstić information content (AvgIpc) is 2.39. The number of aryl methyl sites for hydroxylation is 1. The zero-order valence-corrected chi connectivity index (χ0v) is 11.6. The molecule has 1 saturated carbocycles. The molecule has 1 fully saturated rings. The highest BCUT2D eigenvalue weighted by molar-refractivity contribution is 5.21. The second-order valence-corrected chi connectivity index (χ2v) is 5.28. The van der Waals surface area contributed by atoms with Gasteiger partial charge in [0.1, 0.15) is 5.60 Å². The first-order valence-electron chi connectivity index (χ1n) is 6.74. The predicted octanol–water partition coefficient (Wildman–Crippen LogP) is 2.61. The number of methoxy groups -OCH3 is 1. The minimum absolute atomic E-state index is 0.0242. The topological polar surface area (TPSA) is 61.0 Å². The Kier molecular flexibility index (Phi) is 3.97. The number of rotatable bonds is 3. The van der Waals surface area contributed by atoms with Gasteiger partial charge in [0.25, 0.3) is 0 Å². The number of hydrogen-bond acceptors (Lipinski definition) is 4. The van der Waals surface area contributed by atoms with Crippen molar-refractivity contribution in [2.45, 2.75) is 57.6 Å². The summed E-state index contributed by atoms with van der Waals surface area (Å²) in [6.45, 7) is 3.95. The van der Waals surface area contributed by atoms with Crippen LogP contribution in [0.25, 0.3) is 0 Å². The Labute approximate surface area is 109 Å². The van der Waals surface area contributed by atoms with E-state index in [1.54, 1.807) is 7.11 Å². The van der Waals surface area contributed by atoms with Gasteiger partial charge in [-0.3, -0.25) is 0 Å². The van der Waals surface area contributed by atoms with E-state index in [1.165, 1.54) is 19.3 Å². The molecule has 1 heterocycles. The fourth-order valence-corrected chi connectivity index (χ4v) is 2.78. The van der Waals surface area contributed by atoms with Crippen LogP contribution in [0.15, 0.2) is 6.20 Å². The maximum atomic E-state index is 5.90. The van der Waals surface area contributed by atoms with E-state index in [0.717, 1.165) is 29.9 Å². The summed E-state index contributed by atoms with van der Waals surface area (Å²) in [6, 6.07) is -0.0242. The van der Waals surface area contributed by atoms with Crippen molar-refractivity contribution in [3.63, 3.8) is 0 Å². The van der Waals surface area contributed by atoms with Gasteiger partial charge in [-0.2, -0.15) is 0 Å². The molecule has 1 aromatic heterocycles. The molecule has 1 aliphatic rings. The molecular weight excluding hydrogens is 226 g/mol. The Balaban J connectivity index is 2.34. The molecule has 0 unspecified atom stereocenters. The van der Waals surface area contributed by atoms with Crippen LogP contribution >= 0.6 is 0 Å². The molecule has 1 aliphatic carbocycles. The standard InChI is InChI=1S/C14H23N3O/c1-10(15)12-9-16-13(17-11(12)2)14(18-3)7-5-4-6-8-14/h9-10H,4-8,15H2,1-3H3/t10-/m0/s1. The van der Waals surface area contributed by atoms with Gasteiger partial charge in [0.2, 0.25) is 0 Å². The van der Waals surface area contributed by atoms with E-state index in [0.29, 0.717) is 0 Å². The Morgan fingerprint density at radius 2 is 2.00 bits per heavy atom. The number of aromatic nitrogens is 2. The third-order valence-electron chi connectivity index (χ3n) is 3.97. The zero-order chi connectivity index (χ0) is 13.2. The molecule has 0 aromatic carbocycles. The fourth-order valence-electron chi connectivity index (χ4n) is 2.78. The SMILES string of the molecule is COC1(c2ncc([C@H](C)N)c(C)n2)CCCCC1. The minimum Gasteiger partial charge on any atom is -0.370 e. The van der Waals surface area contributed by atoms with E-state index >= 15 is 0 Å². The average molecular weight is 249 g/mol. The maximum absolute atomic E-state index is 5.90. The van der Waals surface area contributed by atoms with Crippen molar-refractivity contribution in [3.05, 3.63) is 23.3 Å². The third kappa shape index (κ3) is 2.40. The van der Waals surface area contributed by atoms with Crippen LogP contribution in [0.5, 0.6) is 0 Å². The Morgan fingerprint density at radius 3 is 2.50 bits per heavy atom. The molecule has 1 aromatic rings. The summed E-state index contributed by atoms with van der Waals surface area (Å²) in [6.07, 6.45) is 7.54. The van der Waals surface area contributed by atoms with Gasteiger partial charge in [-0.05, 0) is 26.7 Å². The van der Waals surface area contributed by atoms with Crippen molar-refractivity contribution < 1.29 is 4.74 Å². The van der Waals surface area contributed by atoms with Crippen molar-refractivity contribution in [2.24, 2.45) is 5.73 Å². The molecule has 0 saturated heterocycles. The van der Waals surface area contributed by atoms with Crippen molar-refractivity contribution >= 4 is 0 Å². The van der Waals surface area contributed by atoms with Crippen molar-refractivity contribution in [3.8, 4) is 0 Å². The number of hydrogen-bond donors (Lipinski definition) is 1. The van der Waals surface area contributed by atoms with Crippen LogP contribution in [0.2, 0.25) is 0 Å². The van der Waals surface area contributed by atoms with E-state index in [9.17, 15) is 0 Å². The summed E-state index contributed by atoms with van der Waals surface area (Å²) >= 11 is 0. The van der Waals surface area contributed by atoms with E-state index in [1.807, 2.05) is 20.0 Å². The molecule has 0 spiro atoms. The van der Waals surface area contributed by atoms with E-state index in [2.05, 4.69) is 9.97 Å². The lowest BCUT2D eigenvalue weighted by Crippen LogP contribution is -2.33. The van der Waals surface area contributed by atoms with Gasteiger partial charge in [0.05, 0.1) is 0 Å². The molecule has 100 valence electrons. The number of nitrogens with zero attached hydrogens (tertiary/aromatic N) is 2. The van der Waals surface area contributed by atoms with E-state index in [4.69, 9.17) is 10.5 Å². The van der Waals surface area contributed by atoms with Gasteiger partial charge in [-0.1, -0.05) is 19.3 Å². The highest BCUT2D eigenvalue weighted by Gasteiger charge is 2.36. The van der Waals surface area contributed by atoms with Gasteiger partial charge in [-0.25, -0.2) is 9.97 Å². The zero-order valence-electron chi connectivity index (χ0n) is 11.6. The van der Waals surface area contributed by atoms with E-state index < -0.39 is 0 Å². The Hall–Kier alpha value is -1.00. The molecule has 4 heteroatoms. The summed E-state index contributed by atoms with van der Waals surface area (Å²) in [5.74, 6) is 0.826. The highest BCUT2D eigenvalue weighted by atomic mass is 16.5. The minimum atomic E-state index is -0.278. The number of nitrogens with two attached hydrogens (primary N) is 1. The molecule has 0 amide bonds. The molecule has 0 aliphatic heterocycles. The third-order valence-corrected chi connectivity index (χ3v) is 3.97. The van der Waals surface area contributed by atoms with Gasteiger partial charge in [0.15, 0.2) is 5.82 Å². The van der Waals surface area contributed by atoms with E-state index in [-0.39, 0.29) is 11.6 Å². The quantitative estimate of drug-likeness (QED) is 0.894. The first-order valence-corrected chi connectivity index (χ1v) is 6.74. The van der Waals surface area contributed by atoms with Gasteiger partial charge >= 0.3 is 0 Å². The second kappa shape index (κ2) is 5.33. The monoisotopic (exact) mass is 249 g/mol. The lowest BCUT2D eigenvalue weighted by molar-refractivity contribution is -0.0516. The largest absolute Gasteiger partial charge is 0.370 e. The van der Waals surface area contributed by atoms with Crippen LogP contribution in [0.1, 0.15) is 62.2 Å². The van der Waals surface area contributed by atoms with Gasteiger partial charge < -0.3 is 10.5 Å². The van der Waals surface area contributed by atoms with Crippen LogP contribution in [0.3, 0.4) is 0 Å². The molecule has 4 nitrogen and oxygen atoms in total. The van der Waals surface area contributed by atoms with Crippen molar-refractivity contribution in [2.75, 3.05) is 7.11 Å². The van der Waals surface area contributed by atoms with Crippen molar-refractivity contribution in [1.82, 2.24) is 9.97 Å².